The van der Waals surface area contributed by atoms with Crippen molar-refractivity contribution in [3.05, 3.63) is 103 Å². The molecule has 0 aliphatic rings. The number of rotatable bonds is 7. The van der Waals surface area contributed by atoms with Crippen molar-refractivity contribution in [3.63, 3.8) is 0 Å². The van der Waals surface area contributed by atoms with Gasteiger partial charge in [0.15, 0.2) is 6.10 Å². The van der Waals surface area contributed by atoms with E-state index >= 15 is 0 Å². The molecule has 4 aromatic carbocycles. The number of hydrogen-bond donors (Lipinski definition) is 1. The van der Waals surface area contributed by atoms with Crippen LogP contribution in [-0.4, -0.2) is 17.0 Å². The van der Waals surface area contributed by atoms with Crippen LogP contribution in [0.2, 0.25) is 0 Å². The van der Waals surface area contributed by atoms with Crippen molar-refractivity contribution in [2.24, 2.45) is 0 Å². The summed E-state index contributed by atoms with van der Waals surface area (Å²) in [5.74, 6) is 0.510. The van der Waals surface area contributed by atoms with Crippen molar-refractivity contribution < 1.29 is 9.53 Å². The number of aromatic nitrogens is 1. The highest BCUT2D eigenvalue weighted by atomic mass is 32.1. The first-order valence-corrected chi connectivity index (χ1v) is 12.5. The summed E-state index contributed by atoms with van der Waals surface area (Å²) < 4.78 is 7.18. The van der Waals surface area contributed by atoms with Crippen LogP contribution in [0.5, 0.6) is 5.75 Å². The Morgan fingerprint density at radius 3 is 2.29 bits per heavy atom. The number of amides is 1. The van der Waals surface area contributed by atoms with Gasteiger partial charge in [-0.1, -0.05) is 55.5 Å². The number of benzene rings is 4. The maximum absolute atomic E-state index is 12.9. The number of anilines is 1. The number of ether oxygens (including phenoxy) is 1. The van der Waals surface area contributed by atoms with Gasteiger partial charge in [-0.15, -0.1) is 11.3 Å². The van der Waals surface area contributed by atoms with E-state index in [9.17, 15) is 4.79 Å². The number of fused-ring (bicyclic) bond motifs is 1. The summed E-state index contributed by atoms with van der Waals surface area (Å²) in [4.78, 5) is 17.6. The number of aryl methyl sites for hydroxylation is 1. The molecule has 0 aliphatic heterocycles. The van der Waals surface area contributed by atoms with Crippen LogP contribution in [0.4, 0.5) is 5.69 Å². The summed E-state index contributed by atoms with van der Waals surface area (Å²) in [6.07, 6.45) is -0.0140. The fourth-order valence-corrected chi connectivity index (χ4v) is 4.99. The number of carbonyl (C=O) groups is 1. The number of carbonyl (C=O) groups excluding carboxylic acids is 1. The molecular formula is C30H26N2O2S. The quantitative estimate of drug-likeness (QED) is 0.260. The Balaban J connectivity index is 1.24. The van der Waals surface area contributed by atoms with Gasteiger partial charge in [-0.2, -0.15) is 0 Å². The Kier molecular flexibility index (Phi) is 6.59. The zero-order valence-electron chi connectivity index (χ0n) is 19.7. The number of nitrogens with one attached hydrogen (secondary N) is 1. The Hall–Kier alpha value is -3.96. The van der Waals surface area contributed by atoms with Crippen LogP contribution < -0.4 is 10.1 Å². The second kappa shape index (κ2) is 10.1. The molecule has 5 rings (SSSR count). The van der Waals surface area contributed by atoms with Crippen molar-refractivity contribution in [1.29, 1.82) is 0 Å². The van der Waals surface area contributed by atoms with Gasteiger partial charge in [0, 0.05) is 11.3 Å². The summed E-state index contributed by atoms with van der Waals surface area (Å²) in [7, 11) is 0. The molecule has 1 unspecified atom stereocenters. The lowest BCUT2D eigenvalue weighted by Gasteiger charge is -2.17. The fourth-order valence-electron chi connectivity index (χ4n) is 3.92. The van der Waals surface area contributed by atoms with Crippen molar-refractivity contribution in [1.82, 2.24) is 4.98 Å². The summed E-state index contributed by atoms with van der Waals surface area (Å²) >= 11 is 1.68. The van der Waals surface area contributed by atoms with Gasteiger partial charge < -0.3 is 10.1 Å². The zero-order valence-corrected chi connectivity index (χ0v) is 20.5. The number of hydrogen-bond acceptors (Lipinski definition) is 4. The van der Waals surface area contributed by atoms with Crippen molar-refractivity contribution in [2.75, 3.05) is 5.32 Å². The molecule has 1 heterocycles. The topological polar surface area (TPSA) is 51.2 Å². The van der Waals surface area contributed by atoms with Crippen LogP contribution in [0, 0.1) is 6.92 Å². The molecular weight excluding hydrogens is 452 g/mol. The molecule has 5 aromatic rings. The lowest BCUT2D eigenvalue weighted by molar-refractivity contribution is -0.122. The minimum Gasteiger partial charge on any atom is -0.481 e. The first-order chi connectivity index (χ1) is 17.1. The van der Waals surface area contributed by atoms with E-state index in [1.54, 1.807) is 11.3 Å². The van der Waals surface area contributed by atoms with Crippen molar-refractivity contribution >= 4 is 33.1 Å². The zero-order chi connectivity index (χ0) is 24.2. The molecule has 1 aromatic heterocycles. The lowest BCUT2D eigenvalue weighted by atomic mass is 10.1. The molecule has 1 atom stereocenters. The third kappa shape index (κ3) is 5.26. The monoisotopic (exact) mass is 478 g/mol. The molecule has 174 valence electrons. The molecule has 0 spiro atoms. The van der Waals surface area contributed by atoms with Gasteiger partial charge >= 0.3 is 0 Å². The predicted octanol–water partition coefficient (Wildman–Crippen LogP) is 7.73. The predicted molar refractivity (Wildman–Crippen MR) is 145 cm³/mol. The Morgan fingerprint density at radius 2 is 1.57 bits per heavy atom. The first-order valence-electron chi connectivity index (χ1n) is 11.7. The highest BCUT2D eigenvalue weighted by molar-refractivity contribution is 7.21. The van der Waals surface area contributed by atoms with Gasteiger partial charge in [-0.05, 0) is 78.6 Å². The highest BCUT2D eigenvalue weighted by Gasteiger charge is 2.19. The maximum Gasteiger partial charge on any atom is 0.265 e. The maximum atomic E-state index is 12.9. The van der Waals surface area contributed by atoms with E-state index in [2.05, 4.69) is 42.6 Å². The molecule has 0 bridgehead atoms. The highest BCUT2D eigenvalue weighted by Crippen LogP contribution is 2.31. The molecule has 4 nitrogen and oxygen atoms in total. The van der Waals surface area contributed by atoms with E-state index in [-0.39, 0.29) is 5.91 Å². The van der Waals surface area contributed by atoms with Crippen LogP contribution in [-0.2, 0) is 4.79 Å². The molecule has 0 aliphatic carbocycles. The molecule has 5 heteroatoms. The third-order valence-corrected chi connectivity index (χ3v) is 6.91. The molecule has 0 saturated heterocycles. The second-order valence-corrected chi connectivity index (χ2v) is 9.49. The van der Waals surface area contributed by atoms with Crippen LogP contribution in [0.15, 0.2) is 97.1 Å². The van der Waals surface area contributed by atoms with Crippen LogP contribution >= 0.6 is 11.3 Å². The molecule has 0 radical (unpaired) electrons. The van der Waals surface area contributed by atoms with Crippen molar-refractivity contribution in [3.8, 4) is 27.4 Å². The van der Waals surface area contributed by atoms with E-state index < -0.39 is 6.10 Å². The SMILES string of the molecule is CCC(Oc1ccc(-c2ccccc2)cc1)C(=O)Nc1ccc(-c2nc3ccc(C)cc3s2)cc1. The van der Waals surface area contributed by atoms with Crippen LogP contribution in [0.3, 0.4) is 0 Å². The lowest BCUT2D eigenvalue weighted by Crippen LogP contribution is -2.32. The standard InChI is InChI=1S/C30H26N2O2S/c1-3-27(34-25-16-12-22(13-17-25)21-7-5-4-6-8-21)29(33)31-24-14-10-23(11-15-24)30-32-26-18-9-20(2)19-28(26)35-30/h4-19,27H,3H2,1-2H3,(H,31,33). The minimum absolute atomic E-state index is 0.164. The normalized spacial score (nSPS) is 11.8. The van der Waals surface area contributed by atoms with Gasteiger partial charge in [0.1, 0.15) is 10.8 Å². The van der Waals surface area contributed by atoms with Gasteiger partial charge in [0.05, 0.1) is 10.2 Å². The van der Waals surface area contributed by atoms with Gasteiger partial charge in [0.25, 0.3) is 5.91 Å². The second-order valence-electron chi connectivity index (χ2n) is 8.46. The number of thiazole rings is 1. The van der Waals surface area contributed by atoms with Crippen LogP contribution in [0.1, 0.15) is 18.9 Å². The van der Waals surface area contributed by atoms with Gasteiger partial charge in [0.2, 0.25) is 0 Å². The number of nitrogens with zero attached hydrogens (tertiary/aromatic N) is 1. The molecule has 0 fully saturated rings. The van der Waals surface area contributed by atoms with Crippen LogP contribution in [0.25, 0.3) is 31.9 Å². The van der Waals surface area contributed by atoms with E-state index in [0.717, 1.165) is 32.9 Å². The fraction of sp³-hybridized carbons (Fsp3) is 0.133. The Bertz CT molecular complexity index is 1440. The Labute approximate surface area is 209 Å². The van der Waals surface area contributed by atoms with Gasteiger partial charge in [-0.25, -0.2) is 4.98 Å². The summed E-state index contributed by atoms with van der Waals surface area (Å²) in [5, 5.41) is 3.95. The molecule has 0 saturated carbocycles. The van der Waals surface area contributed by atoms with E-state index in [0.29, 0.717) is 12.2 Å². The van der Waals surface area contributed by atoms with E-state index in [4.69, 9.17) is 9.72 Å². The van der Waals surface area contributed by atoms with Gasteiger partial charge in [-0.3, -0.25) is 4.79 Å². The van der Waals surface area contributed by atoms with E-state index in [1.807, 2.05) is 73.7 Å². The average Bonchev–Trinajstić information content (AvgIpc) is 3.32. The summed E-state index contributed by atoms with van der Waals surface area (Å²) in [6, 6.07) is 32.1. The smallest absolute Gasteiger partial charge is 0.265 e. The average molecular weight is 479 g/mol. The minimum atomic E-state index is -0.579. The van der Waals surface area contributed by atoms with E-state index in [1.165, 1.54) is 10.3 Å². The molecule has 1 amide bonds. The van der Waals surface area contributed by atoms with Crippen molar-refractivity contribution in [2.45, 2.75) is 26.4 Å². The Morgan fingerprint density at radius 1 is 0.886 bits per heavy atom. The summed E-state index contributed by atoms with van der Waals surface area (Å²) in [6.45, 7) is 4.03. The first kappa shape index (κ1) is 22.8. The molecule has 35 heavy (non-hydrogen) atoms. The largest absolute Gasteiger partial charge is 0.481 e. The molecule has 1 N–H and O–H groups in total. The summed E-state index contributed by atoms with van der Waals surface area (Å²) in [5.41, 5.74) is 6.26. The third-order valence-electron chi connectivity index (χ3n) is 5.85.